The number of rotatable bonds is 4. The topological polar surface area (TPSA) is 74.8 Å². The smallest absolute Gasteiger partial charge is 0.323 e. The maximum atomic E-state index is 12.6. The first-order chi connectivity index (χ1) is 14.5. The second kappa shape index (κ2) is 9.64. The van der Waals surface area contributed by atoms with Gasteiger partial charge >= 0.3 is 12.0 Å². The fourth-order valence-corrected chi connectivity index (χ4v) is 5.97. The lowest BCUT2D eigenvalue weighted by molar-refractivity contribution is -0.147. The van der Waals surface area contributed by atoms with Gasteiger partial charge in [0.05, 0.1) is 28.6 Å². The highest BCUT2D eigenvalue weighted by Crippen LogP contribution is 2.32. The Hall–Kier alpha value is -1.68. The molecule has 0 aromatic carbocycles. The second-order valence-electron chi connectivity index (χ2n) is 7.65. The van der Waals surface area contributed by atoms with E-state index in [1.54, 1.807) is 0 Å². The van der Waals surface area contributed by atoms with Gasteiger partial charge in [-0.1, -0.05) is 11.6 Å². The first-order valence-corrected chi connectivity index (χ1v) is 12.2. The number of aromatic nitrogens is 1. The number of nitrogens with zero attached hydrogens (tertiary/aromatic N) is 3. The van der Waals surface area contributed by atoms with Crippen LogP contribution in [0.15, 0.2) is 16.8 Å². The number of methoxy groups -OCH3 is 1. The number of amides is 2. The molecular formula is C20H25ClN4O3S2. The summed E-state index contributed by atoms with van der Waals surface area (Å²) in [5.74, 6) is -0.0563. The molecule has 30 heavy (non-hydrogen) atoms. The number of thiophene rings is 1. The largest absolute Gasteiger partial charge is 0.469 e. The molecule has 2 aliphatic rings. The number of hydrogen-bond donors (Lipinski definition) is 1. The maximum Gasteiger partial charge on any atom is 0.323 e. The zero-order valence-electron chi connectivity index (χ0n) is 16.8. The van der Waals surface area contributed by atoms with Gasteiger partial charge < -0.3 is 14.5 Å². The fraction of sp³-hybridized carbons (Fsp3) is 0.550. The Morgan fingerprint density at radius 1 is 1.13 bits per heavy atom. The zero-order valence-corrected chi connectivity index (χ0v) is 19.2. The summed E-state index contributed by atoms with van der Waals surface area (Å²) in [6.07, 6.45) is 3.62. The van der Waals surface area contributed by atoms with Gasteiger partial charge in [-0.2, -0.15) is 0 Å². The summed E-state index contributed by atoms with van der Waals surface area (Å²) >= 11 is 8.94. The Kier molecular flexibility index (Phi) is 6.92. The van der Waals surface area contributed by atoms with Gasteiger partial charge in [-0.25, -0.2) is 9.78 Å². The number of piperidine rings is 2. The zero-order chi connectivity index (χ0) is 21.1. The van der Waals surface area contributed by atoms with Gasteiger partial charge in [-0.3, -0.25) is 10.1 Å². The number of anilines is 1. The summed E-state index contributed by atoms with van der Waals surface area (Å²) in [6.45, 7) is 3.30. The molecule has 162 valence electrons. The van der Waals surface area contributed by atoms with Crippen LogP contribution in [0.2, 0.25) is 5.02 Å². The van der Waals surface area contributed by atoms with Crippen LogP contribution in [0.1, 0.15) is 25.7 Å². The van der Waals surface area contributed by atoms with Crippen molar-refractivity contribution in [1.29, 1.82) is 0 Å². The van der Waals surface area contributed by atoms with Gasteiger partial charge in [0.2, 0.25) is 0 Å². The third-order valence-electron chi connectivity index (χ3n) is 5.87. The standard InChI is InChI=1S/C20H25ClN4O3S2/c1-28-18(26)13-2-6-24(7-3-13)15-4-8-25(9-5-15)20(27)23-19-22-16(12-30-19)17-10-14(21)11-29-17/h10-13,15H,2-9H2,1H3,(H,22,23,27). The van der Waals surface area contributed by atoms with Crippen molar-refractivity contribution in [2.45, 2.75) is 31.7 Å². The van der Waals surface area contributed by atoms with Crippen LogP contribution in [0.25, 0.3) is 10.6 Å². The molecule has 7 nitrogen and oxygen atoms in total. The van der Waals surface area contributed by atoms with Crippen LogP contribution in [0.4, 0.5) is 9.93 Å². The highest BCUT2D eigenvalue weighted by molar-refractivity contribution is 7.16. The number of hydrogen-bond acceptors (Lipinski definition) is 7. The molecule has 2 saturated heterocycles. The molecule has 0 radical (unpaired) electrons. The molecule has 4 rings (SSSR count). The predicted octanol–water partition coefficient (Wildman–Crippen LogP) is 4.41. The molecule has 4 heterocycles. The summed E-state index contributed by atoms with van der Waals surface area (Å²) in [5, 5.41) is 8.04. The third kappa shape index (κ3) is 4.96. The third-order valence-corrected chi connectivity index (χ3v) is 7.93. The molecule has 2 aromatic rings. The molecule has 2 aromatic heterocycles. The van der Waals surface area contributed by atoms with E-state index in [-0.39, 0.29) is 17.9 Å². The van der Waals surface area contributed by atoms with E-state index in [4.69, 9.17) is 16.3 Å². The number of likely N-dealkylation sites (tertiary alicyclic amines) is 2. The first kappa shape index (κ1) is 21.5. The summed E-state index contributed by atoms with van der Waals surface area (Å²) in [5.41, 5.74) is 0.835. The van der Waals surface area contributed by atoms with E-state index >= 15 is 0 Å². The summed E-state index contributed by atoms with van der Waals surface area (Å²) in [6, 6.07) is 2.26. The summed E-state index contributed by atoms with van der Waals surface area (Å²) < 4.78 is 4.87. The Balaban J connectivity index is 1.24. The van der Waals surface area contributed by atoms with Crippen molar-refractivity contribution >= 4 is 51.4 Å². The van der Waals surface area contributed by atoms with Crippen LogP contribution in [0.5, 0.6) is 0 Å². The Bertz CT molecular complexity index is 886. The number of halogens is 1. The van der Waals surface area contributed by atoms with Crippen molar-refractivity contribution in [3.8, 4) is 10.6 Å². The van der Waals surface area contributed by atoms with Crippen molar-refractivity contribution in [2.24, 2.45) is 5.92 Å². The molecule has 0 bridgehead atoms. The molecule has 0 saturated carbocycles. The first-order valence-electron chi connectivity index (χ1n) is 10.1. The van der Waals surface area contributed by atoms with Crippen molar-refractivity contribution in [3.63, 3.8) is 0 Å². The van der Waals surface area contributed by atoms with Crippen LogP contribution < -0.4 is 5.32 Å². The van der Waals surface area contributed by atoms with Crippen LogP contribution in [-0.4, -0.2) is 66.1 Å². The lowest BCUT2D eigenvalue weighted by Gasteiger charge is -2.41. The number of thiazole rings is 1. The number of carbonyl (C=O) groups excluding carboxylic acids is 2. The van der Waals surface area contributed by atoms with E-state index in [1.165, 1.54) is 29.8 Å². The number of ether oxygens (including phenoxy) is 1. The molecule has 10 heteroatoms. The van der Waals surface area contributed by atoms with E-state index in [1.807, 2.05) is 21.7 Å². The second-order valence-corrected chi connectivity index (χ2v) is 9.85. The van der Waals surface area contributed by atoms with E-state index in [0.717, 1.165) is 62.4 Å². The minimum Gasteiger partial charge on any atom is -0.469 e. The molecule has 0 spiro atoms. The van der Waals surface area contributed by atoms with E-state index in [9.17, 15) is 9.59 Å². The lowest BCUT2D eigenvalue weighted by atomic mass is 9.93. The van der Waals surface area contributed by atoms with Gasteiger partial charge in [0, 0.05) is 29.9 Å². The van der Waals surface area contributed by atoms with Crippen LogP contribution in [0, 0.1) is 5.92 Å². The van der Waals surface area contributed by atoms with Crippen LogP contribution in [-0.2, 0) is 9.53 Å². The number of nitrogens with one attached hydrogen (secondary N) is 1. The summed E-state index contributed by atoms with van der Waals surface area (Å²) in [4.78, 5) is 34.2. The number of carbonyl (C=O) groups is 2. The van der Waals surface area contributed by atoms with Crippen LogP contribution >= 0.6 is 34.3 Å². The minimum atomic E-state index is -0.0945. The van der Waals surface area contributed by atoms with Crippen molar-refractivity contribution < 1.29 is 14.3 Å². The Morgan fingerprint density at radius 3 is 2.50 bits per heavy atom. The molecular weight excluding hydrogens is 444 g/mol. The highest BCUT2D eigenvalue weighted by atomic mass is 35.5. The molecule has 2 amide bonds. The fourth-order valence-electron chi connectivity index (χ4n) is 4.16. The van der Waals surface area contributed by atoms with Crippen molar-refractivity contribution in [1.82, 2.24) is 14.8 Å². The normalized spacial score (nSPS) is 19.1. The van der Waals surface area contributed by atoms with Gasteiger partial charge in [-0.15, -0.1) is 22.7 Å². The minimum absolute atomic E-state index is 0.0329. The summed E-state index contributed by atoms with van der Waals surface area (Å²) in [7, 11) is 1.46. The Labute approximate surface area is 189 Å². The SMILES string of the molecule is COC(=O)C1CCN(C2CCN(C(=O)Nc3nc(-c4cc(Cl)cs4)cs3)CC2)CC1. The average molecular weight is 469 g/mol. The van der Waals surface area contributed by atoms with E-state index in [2.05, 4.69) is 15.2 Å². The van der Waals surface area contributed by atoms with Crippen LogP contribution in [0.3, 0.4) is 0 Å². The van der Waals surface area contributed by atoms with Gasteiger partial charge in [0.25, 0.3) is 0 Å². The van der Waals surface area contributed by atoms with E-state index < -0.39 is 0 Å². The maximum absolute atomic E-state index is 12.6. The van der Waals surface area contributed by atoms with Crippen molar-refractivity contribution in [3.05, 3.63) is 21.8 Å². The molecule has 0 atom stereocenters. The Morgan fingerprint density at radius 2 is 1.87 bits per heavy atom. The number of esters is 1. The quantitative estimate of drug-likeness (QED) is 0.673. The predicted molar refractivity (Wildman–Crippen MR) is 120 cm³/mol. The lowest BCUT2D eigenvalue weighted by Crippen LogP contribution is -2.50. The average Bonchev–Trinajstić information content (AvgIpc) is 3.42. The highest BCUT2D eigenvalue weighted by Gasteiger charge is 2.32. The molecule has 1 N–H and O–H groups in total. The number of urea groups is 1. The van der Waals surface area contributed by atoms with Gasteiger partial charge in [0.15, 0.2) is 5.13 Å². The molecule has 2 aliphatic heterocycles. The molecule has 2 fully saturated rings. The van der Waals surface area contributed by atoms with Crippen molar-refractivity contribution in [2.75, 3.05) is 38.6 Å². The van der Waals surface area contributed by atoms with Gasteiger partial charge in [0.1, 0.15) is 0 Å². The molecule has 0 unspecified atom stereocenters. The molecule has 0 aliphatic carbocycles. The van der Waals surface area contributed by atoms with E-state index in [0.29, 0.717) is 16.2 Å². The monoisotopic (exact) mass is 468 g/mol. The van der Waals surface area contributed by atoms with Gasteiger partial charge in [-0.05, 0) is 44.8 Å².